The van der Waals surface area contributed by atoms with E-state index in [1.807, 2.05) is 0 Å². The van der Waals surface area contributed by atoms with E-state index >= 15 is 0 Å². The molecule has 2 saturated heterocycles. The lowest BCUT2D eigenvalue weighted by molar-refractivity contribution is -0.935. The first kappa shape index (κ1) is 23.9. The van der Waals surface area contributed by atoms with E-state index in [0.717, 1.165) is 11.8 Å². The fraction of sp³-hybridized carbons (Fsp3) is 1.00. The van der Waals surface area contributed by atoms with Crippen LogP contribution in [0.2, 0.25) is 0 Å². The van der Waals surface area contributed by atoms with Crippen molar-refractivity contribution in [3.8, 4) is 0 Å². The van der Waals surface area contributed by atoms with Crippen molar-refractivity contribution in [3.05, 3.63) is 0 Å². The molecule has 3 aliphatic rings. The van der Waals surface area contributed by atoms with Crippen molar-refractivity contribution < 1.29 is 19.9 Å². The van der Waals surface area contributed by atoms with Crippen LogP contribution >= 0.6 is 0 Å². The molecule has 2 aliphatic heterocycles. The maximum Gasteiger partial charge on any atom is 0.0815 e. The molecule has 0 aromatic rings. The number of hydrogen-bond donors (Lipinski definition) is 0. The SMILES string of the molecule is CC[N+]1(CC2CCC(C[N+]3(CC)CCCCC3)CC2)CCCCC1.[OH-].[OH-]. The van der Waals surface area contributed by atoms with Crippen LogP contribution in [0.15, 0.2) is 0 Å². The number of nitrogens with zero attached hydrogens (tertiary/aromatic N) is 2. The lowest BCUT2D eigenvalue weighted by Crippen LogP contribution is -2.55. The summed E-state index contributed by atoms with van der Waals surface area (Å²) in [7, 11) is 0. The quantitative estimate of drug-likeness (QED) is 0.647. The first-order valence-electron chi connectivity index (χ1n) is 11.4. The zero-order chi connectivity index (χ0) is 16.9. The molecule has 0 amide bonds. The summed E-state index contributed by atoms with van der Waals surface area (Å²) < 4.78 is 2.93. The number of rotatable bonds is 6. The maximum absolute atomic E-state index is 2.45. The van der Waals surface area contributed by atoms with E-state index in [9.17, 15) is 0 Å². The van der Waals surface area contributed by atoms with Gasteiger partial charge in [-0.25, -0.2) is 0 Å². The Morgan fingerprint density at radius 1 is 0.538 bits per heavy atom. The summed E-state index contributed by atoms with van der Waals surface area (Å²) in [4.78, 5) is 0. The minimum atomic E-state index is 0. The van der Waals surface area contributed by atoms with Gasteiger partial charge in [-0.1, -0.05) is 0 Å². The van der Waals surface area contributed by atoms with Crippen LogP contribution in [-0.2, 0) is 0 Å². The zero-order valence-electron chi connectivity index (χ0n) is 17.7. The second-order valence-corrected chi connectivity index (χ2v) is 9.58. The van der Waals surface area contributed by atoms with Crippen molar-refractivity contribution in [2.75, 3.05) is 52.4 Å². The maximum atomic E-state index is 2.45. The van der Waals surface area contributed by atoms with Gasteiger partial charge in [-0.05, 0) is 78.1 Å². The van der Waals surface area contributed by atoms with Gasteiger partial charge in [0.05, 0.1) is 52.4 Å². The molecule has 4 nitrogen and oxygen atoms in total. The molecule has 156 valence electrons. The Kier molecular flexibility index (Phi) is 10.1. The Morgan fingerprint density at radius 3 is 1.12 bits per heavy atom. The summed E-state index contributed by atoms with van der Waals surface area (Å²) in [5.41, 5.74) is 0. The summed E-state index contributed by atoms with van der Waals surface area (Å²) in [5.74, 6) is 2.08. The normalized spacial score (nSPS) is 30.7. The third-order valence-electron chi connectivity index (χ3n) is 8.13. The molecule has 2 heterocycles. The van der Waals surface area contributed by atoms with Gasteiger partial charge in [-0.15, -0.1) is 0 Å². The van der Waals surface area contributed by atoms with E-state index in [2.05, 4.69) is 13.8 Å². The van der Waals surface area contributed by atoms with Gasteiger partial charge in [0, 0.05) is 11.8 Å². The summed E-state index contributed by atoms with van der Waals surface area (Å²) >= 11 is 0. The molecule has 2 N–H and O–H groups in total. The Morgan fingerprint density at radius 2 is 0.846 bits per heavy atom. The van der Waals surface area contributed by atoms with E-state index in [1.54, 1.807) is 0 Å². The molecule has 0 bridgehead atoms. The van der Waals surface area contributed by atoms with E-state index in [1.165, 1.54) is 126 Å². The highest BCUT2D eigenvalue weighted by atomic mass is 16.0. The first-order valence-corrected chi connectivity index (χ1v) is 11.4. The molecule has 3 rings (SSSR count). The molecule has 4 heteroatoms. The van der Waals surface area contributed by atoms with E-state index in [0.29, 0.717) is 0 Å². The molecule has 0 unspecified atom stereocenters. The van der Waals surface area contributed by atoms with Crippen LogP contribution in [0.4, 0.5) is 0 Å². The predicted molar refractivity (Wildman–Crippen MR) is 108 cm³/mol. The highest BCUT2D eigenvalue weighted by molar-refractivity contribution is 4.74. The molecule has 1 aliphatic carbocycles. The monoisotopic (exact) mass is 370 g/mol. The lowest BCUT2D eigenvalue weighted by Gasteiger charge is -2.46. The number of hydrogen-bond acceptors (Lipinski definition) is 2. The largest absolute Gasteiger partial charge is 0.870 e. The van der Waals surface area contributed by atoms with Gasteiger partial charge in [0.15, 0.2) is 0 Å². The van der Waals surface area contributed by atoms with Crippen molar-refractivity contribution in [2.24, 2.45) is 11.8 Å². The second-order valence-electron chi connectivity index (χ2n) is 9.58. The fourth-order valence-electron chi connectivity index (χ4n) is 6.31. The second kappa shape index (κ2) is 11.0. The van der Waals surface area contributed by atoms with Gasteiger partial charge in [0.2, 0.25) is 0 Å². The highest BCUT2D eigenvalue weighted by Gasteiger charge is 2.36. The first-order chi connectivity index (χ1) is 11.7. The van der Waals surface area contributed by atoms with Crippen molar-refractivity contribution in [1.82, 2.24) is 0 Å². The predicted octanol–water partition coefficient (Wildman–Crippen LogP) is 4.48. The minimum Gasteiger partial charge on any atom is -0.870 e. The highest BCUT2D eigenvalue weighted by Crippen LogP contribution is 2.34. The van der Waals surface area contributed by atoms with Gasteiger partial charge < -0.3 is 19.9 Å². The molecule has 3 fully saturated rings. The topological polar surface area (TPSA) is 60.0 Å². The Hall–Kier alpha value is -0.160. The lowest BCUT2D eigenvalue weighted by atomic mass is 9.80. The summed E-state index contributed by atoms with van der Waals surface area (Å²) in [6, 6.07) is 0. The standard InChI is InChI=1S/C22H44N2.2H2O/c1-3-23(15-7-5-8-16-23)19-21-11-13-22(14-12-21)20-24(4-2)17-9-6-10-18-24;;/h21-22H,3-20H2,1-2H3;2*1H2/q+2;;/p-2. The summed E-state index contributed by atoms with van der Waals surface area (Å²) in [6.07, 6.45) is 15.1. The van der Waals surface area contributed by atoms with E-state index in [4.69, 9.17) is 0 Å². The minimum absolute atomic E-state index is 0. The molecule has 1 saturated carbocycles. The van der Waals surface area contributed by atoms with Crippen LogP contribution in [0, 0.1) is 11.8 Å². The van der Waals surface area contributed by atoms with Gasteiger partial charge in [-0.3, -0.25) is 0 Å². The van der Waals surface area contributed by atoms with Crippen molar-refractivity contribution >= 4 is 0 Å². The summed E-state index contributed by atoms with van der Waals surface area (Å²) in [6.45, 7) is 16.6. The van der Waals surface area contributed by atoms with Crippen LogP contribution in [-0.4, -0.2) is 72.3 Å². The molecule has 0 spiro atoms. The van der Waals surface area contributed by atoms with Crippen LogP contribution < -0.4 is 0 Å². The van der Waals surface area contributed by atoms with Crippen LogP contribution in [0.1, 0.15) is 78.1 Å². The number of piperidine rings is 2. The smallest absolute Gasteiger partial charge is 0.0815 e. The van der Waals surface area contributed by atoms with Gasteiger partial charge in [0.25, 0.3) is 0 Å². The average molecular weight is 371 g/mol. The third kappa shape index (κ3) is 5.92. The van der Waals surface area contributed by atoms with Crippen molar-refractivity contribution in [2.45, 2.75) is 78.1 Å². The van der Waals surface area contributed by atoms with Crippen molar-refractivity contribution in [3.63, 3.8) is 0 Å². The Bertz CT molecular complexity index is 332. The molecule has 0 atom stereocenters. The number of quaternary nitrogens is 2. The molecule has 26 heavy (non-hydrogen) atoms. The molecule has 0 aromatic carbocycles. The van der Waals surface area contributed by atoms with Gasteiger partial charge in [0.1, 0.15) is 0 Å². The third-order valence-corrected chi connectivity index (χ3v) is 8.13. The van der Waals surface area contributed by atoms with Gasteiger partial charge in [-0.2, -0.15) is 0 Å². The molecule has 0 radical (unpaired) electrons. The Balaban J connectivity index is 0.00000169. The molecular weight excluding hydrogens is 324 g/mol. The summed E-state index contributed by atoms with van der Waals surface area (Å²) in [5, 5.41) is 0. The van der Waals surface area contributed by atoms with E-state index < -0.39 is 0 Å². The Labute approximate surface area is 162 Å². The van der Waals surface area contributed by atoms with Gasteiger partial charge >= 0.3 is 0 Å². The molecular formula is C22H46N2O2. The fourth-order valence-corrected chi connectivity index (χ4v) is 6.31. The zero-order valence-corrected chi connectivity index (χ0v) is 17.7. The van der Waals surface area contributed by atoms with Crippen LogP contribution in [0.3, 0.4) is 0 Å². The van der Waals surface area contributed by atoms with E-state index in [-0.39, 0.29) is 11.0 Å². The van der Waals surface area contributed by atoms with Crippen LogP contribution in [0.25, 0.3) is 0 Å². The average Bonchev–Trinajstić information content (AvgIpc) is 2.65. The van der Waals surface area contributed by atoms with Crippen LogP contribution in [0.5, 0.6) is 0 Å². The molecule has 0 aromatic heterocycles. The van der Waals surface area contributed by atoms with Crippen molar-refractivity contribution in [1.29, 1.82) is 0 Å². The number of likely N-dealkylation sites (tertiary alicyclic amines) is 2.